The van der Waals surface area contributed by atoms with Crippen molar-refractivity contribution in [3.8, 4) is 11.1 Å². The number of carbonyl (C=O) groups excluding carboxylic acids is 1. The molecule has 1 aromatic heterocycles. The van der Waals surface area contributed by atoms with Crippen molar-refractivity contribution in [2.24, 2.45) is 0 Å². The largest absolute Gasteiger partial charge is 0.462 e. The number of pyridine rings is 1. The molecule has 4 nitrogen and oxygen atoms in total. The summed E-state index contributed by atoms with van der Waals surface area (Å²) in [6.07, 6.45) is 1.77. The fourth-order valence-corrected chi connectivity index (χ4v) is 2.49. The van der Waals surface area contributed by atoms with Crippen LogP contribution in [-0.2, 0) is 11.3 Å². The maximum Gasteiger partial charge on any atom is 0.338 e. The third-order valence-electron chi connectivity index (χ3n) is 3.82. The third kappa shape index (κ3) is 4.44. The molecule has 0 bridgehead atoms. The Morgan fingerprint density at radius 2 is 1.64 bits per heavy atom. The summed E-state index contributed by atoms with van der Waals surface area (Å²) in [6, 6.07) is 21.6. The number of hydrogen-bond acceptors (Lipinski definition) is 4. The zero-order chi connectivity index (χ0) is 17.5. The fourth-order valence-electron chi connectivity index (χ4n) is 2.49. The van der Waals surface area contributed by atoms with Gasteiger partial charge in [-0.3, -0.25) is 0 Å². The van der Waals surface area contributed by atoms with Crippen LogP contribution in [0.25, 0.3) is 11.1 Å². The molecule has 0 aliphatic rings. The van der Waals surface area contributed by atoms with Crippen LogP contribution in [0.15, 0.2) is 72.9 Å². The van der Waals surface area contributed by atoms with Crippen molar-refractivity contribution in [2.45, 2.75) is 13.5 Å². The molecule has 0 amide bonds. The molecule has 0 spiro atoms. The van der Waals surface area contributed by atoms with E-state index >= 15 is 0 Å². The summed E-state index contributed by atoms with van der Waals surface area (Å²) in [5.74, 6) is 0.575. The number of aromatic nitrogens is 1. The van der Waals surface area contributed by atoms with Crippen molar-refractivity contribution in [3.63, 3.8) is 0 Å². The van der Waals surface area contributed by atoms with Gasteiger partial charge in [-0.05, 0) is 47.9 Å². The molecule has 2 aromatic carbocycles. The van der Waals surface area contributed by atoms with Crippen molar-refractivity contribution >= 4 is 11.8 Å². The fraction of sp³-hybridized carbons (Fsp3) is 0.143. The highest BCUT2D eigenvalue weighted by atomic mass is 16.5. The normalized spacial score (nSPS) is 10.3. The number of rotatable bonds is 6. The molecule has 0 fully saturated rings. The van der Waals surface area contributed by atoms with Crippen molar-refractivity contribution in [3.05, 3.63) is 84.1 Å². The van der Waals surface area contributed by atoms with Crippen LogP contribution < -0.4 is 5.32 Å². The number of benzene rings is 2. The first kappa shape index (κ1) is 16.7. The number of nitrogens with zero attached hydrogens (tertiary/aromatic N) is 1. The lowest BCUT2D eigenvalue weighted by atomic mass is 10.0. The van der Waals surface area contributed by atoms with Crippen molar-refractivity contribution < 1.29 is 9.53 Å². The van der Waals surface area contributed by atoms with E-state index in [4.69, 9.17) is 4.74 Å². The highest BCUT2D eigenvalue weighted by molar-refractivity contribution is 5.90. The molecule has 0 saturated carbocycles. The van der Waals surface area contributed by atoms with Gasteiger partial charge in [0.25, 0.3) is 0 Å². The Morgan fingerprint density at radius 1 is 0.960 bits per heavy atom. The number of ether oxygens (including phenoxy) is 1. The molecular weight excluding hydrogens is 312 g/mol. The first-order valence-corrected chi connectivity index (χ1v) is 8.27. The van der Waals surface area contributed by atoms with Gasteiger partial charge in [-0.2, -0.15) is 0 Å². The molecule has 126 valence electrons. The molecule has 0 radical (unpaired) electrons. The van der Waals surface area contributed by atoms with E-state index in [2.05, 4.69) is 34.6 Å². The second-order valence-corrected chi connectivity index (χ2v) is 5.56. The van der Waals surface area contributed by atoms with E-state index in [1.165, 1.54) is 5.56 Å². The van der Waals surface area contributed by atoms with Crippen LogP contribution in [0.3, 0.4) is 0 Å². The van der Waals surface area contributed by atoms with Crippen LogP contribution in [0.2, 0.25) is 0 Å². The van der Waals surface area contributed by atoms with Crippen LogP contribution in [0.1, 0.15) is 22.8 Å². The second-order valence-electron chi connectivity index (χ2n) is 5.56. The first-order valence-electron chi connectivity index (χ1n) is 8.27. The molecule has 25 heavy (non-hydrogen) atoms. The van der Waals surface area contributed by atoms with Crippen LogP contribution >= 0.6 is 0 Å². The van der Waals surface area contributed by atoms with E-state index in [0.29, 0.717) is 12.2 Å². The lowest BCUT2D eigenvalue weighted by Crippen LogP contribution is -2.04. The van der Waals surface area contributed by atoms with Crippen LogP contribution in [0, 0.1) is 0 Å². The molecule has 0 aliphatic carbocycles. The van der Waals surface area contributed by atoms with E-state index in [1.54, 1.807) is 25.3 Å². The predicted octanol–water partition coefficient (Wildman–Crippen LogP) is 4.54. The molecule has 0 saturated heterocycles. The minimum absolute atomic E-state index is 0.287. The lowest BCUT2D eigenvalue weighted by Gasteiger charge is -2.08. The van der Waals surface area contributed by atoms with Crippen molar-refractivity contribution in [1.82, 2.24) is 4.98 Å². The van der Waals surface area contributed by atoms with Crippen molar-refractivity contribution in [2.75, 3.05) is 11.9 Å². The van der Waals surface area contributed by atoms with Gasteiger partial charge in [0.15, 0.2) is 0 Å². The molecule has 0 aliphatic heterocycles. The third-order valence-corrected chi connectivity index (χ3v) is 3.82. The Kier molecular flexibility index (Phi) is 5.42. The van der Waals surface area contributed by atoms with Crippen LogP contribution in [-0.4, -0.2) is 17.6 Å². The van der Waals surface area contributed by atoms with E-state index in [9.17, 15) is 4.79 Å². The number of anilines is 1. The maximum atomic E-state index is 11.7. The topological polar surface area (TPSA) is 51.2 Å². The molecule has 1 heterocycles. The van der Waals surface area contributed by atoms with Crippen LogP contribution in [0.5, 0.6) is 0 Å². The number of esters is 1. The SMILES string of the molecule is CCOC(=O)c1ccc(-c2ccc(CNc3ccccn3)cc2)cc1. The minimum Gasteiger partial charge on any atom is -0.462 e. The Morgan fingerprint density at radius 3 is 2.24 bits per heavy atom. The zero-order valence-corrected chi connectivity index (χ0v) is 14.1. The zero-order valence-electron chi connectivity index (χ0n) is 14.1. The monoisotopic (exact) mass is 332 g/mol. The number of carbonyl (C=O) groups is 1. The van der Waals surface area contributed by atoms with Gasteiger partial charge in [0.05, 0.1) is 12.2 Å². The quantitative estimate of drug-likeness (QED) is 0.674. The van der Waals surface area contributed by atoms with Crippen molar-refractivity contribution in [1.29, 1.82) is 0 Å². The summed E-state index contributed by atoms with van der Waals surface area (Å²) >= 11 is 0. The van der Waals surface area contributed by atoms with Gasteiger partial charge in [-0.1, -0.05) is 42.5 Å². The van der Waals surface area contributed by atoms with Crippen LogP contribution in [0.4, 0.5) is 5.82 Å². The summed E-state index contributed by atoms with van der Waals surface area (Å²) < 4.78 is 5.00. The lowest BCUT2D eigenvalue weighted by molar-refractivity contribution is 0.0526. The Hall–Kier alpha value is -3.14. The highest BCUT2D eigenvalue weighted by Gasteiger charge is 2.06. The van der Waals surface area contributed by atoms with E-state index in [0.717, 1.165) is 23.5 Å². The molecule has 0 unspecified atom stereocenters. The Bertz CT molecular complexity index is 813. The average molecular weight is 332 g/mol. The van der Waals surface area contributed by atoms with Gasteiger partial charge < -0.3 is 10.1 Å². The summed E-state index contributed by atoms with van der Waals surface area (Å²) in [5.41, 5.74) is 3.92. The second kappa shape index (κ2) is 8.11. The molecular formula is C21H20N2O2. The minimum atomic E-state index is -0.287. The molecule has 3 aromatic rings. The predicted molar refractivity (Wildman–Crippen MR) is 99.4 cm³/mol. The smallest absolute Gasteiger partial charge is 0.338 e. The molecule has 3 rings (SSSR count). The summed E-state index contributed by atoms with van der Waals surface area (Å²) in [7, 11) is 0. The molecule has 0 atom stereocenters. The summed E-state index contributed by atoms with van der Waals surface area (Å²) in [5, 5.41) is 3.29. The highest BCUT2D eigenvalue weighted by Crippen LogP contribution is 2.21. The molecule has 1 N–H and O–H groups in total. The van der Waals surface area contributed by atoms with Gasteiger partial charge in [0.1, 0.15) is 5.82 Å². The van der Waals surface area contributed by atoms with Gasteiger partial charge in [-0.15, -0.1) is 0 Å². The number of nitrogens with one attached hydrogen (secondary N) is 1. The Labute approximate surface area is 147 Å². The first-order chi connectivity index (χ1) is 12.3. The summed E-state index contributed by atoms with van der Waals surface area (Å²) in [6.45, 7) is 2.91. The standard InChI is InChI=1S/C21H20N2O2/c1-2-25-21(24)19-12-10-18(11-13-19)17-8-6-16(7-9-17)15-23-20-5-3-4-14-22-20/h3-14H,2,15H2,1H3,(H,22,23). The van der Waals surface area contributed by atoms with E-state index < -0.39 is 0 Å². The van der Waals surface area contributed by atoms with E-state index in [-0.39, 0.29) is 5.97 Å². The summed E-state index contributed by atoms with van der Waals surface area (Å²) in [4.78, 5) is 15.9. The van der Waals surface area contributed by atoms with Gasteiger partial charge in [-0.25, -0.2) is 9.78 Å². The van der Waals surface area contributed by atoms with Gasteiger partial charge in [0, 0.05) is 12.7 Å². The maximum absolute atomic E-state index is 11.7. The van der Waals surface area contributed by atoms with E-state index in [1.807, 2.05) is 30.3 Å². The average Bonchev–Trinajstić information content (AvgIpc) is 2.68. The van der Waals surface area contributed by atoms with Gasteiger partial charge >= 0.3 is 5.97 Å². The van der Waals surface area contributed by atoms with Gasteiger partial charge in [0.2, 0.25) is 0 Å². The number of hydrogen-bond donors (Lipinski definition) is 1. The molecule has 4 heteroatoms. The Balaban J connectivity index is 1.64.